The van der Waals surface area contributed by atoms with Crippen LogP contribution in [0.2, 0.25) is 0 Å². The molecule has 0 aliphatic carbocycles. The van der Waals surface area contributed by atoms with Crippen LogP contribution in [0, 0.1) is 0 Å². The van der Waals surface area contributed by atoms with Gasteiger partial charge in [0.05, 0.1) is 43.0 Å². The van der Waals surface area contributed by atoms with E-state index in [0.29, 0.717) is 11.4 Å². The molecule has 0 heterocycles. The highest BCUT2D eigenvalue weighted by Crippen LogP contribution is 2.23. The molecule has 0 aromatic heterocycles. The van der Waals surface area contributed by atoms with Crippen LogP contribution in [-0.4, -0.2) is 59.9 Å². The summed E-state index contributed by atoms with van der Waals surface area (Å²) in [7, 11) is 0.417. The average Bonchev–Trinajstić information content (AvgIpc) is 2.77. The number of ether oxygens (including phenoxy) is 3. The molecule has 2 aromatic rings. The second-order valence-electron chi connectivity index (χ2n) is 6.72. The van der Waals surface area contributed by atoms with Crippen molar-refractivity contribution < 1.29 is 37.0 Å². The second-order valence-corrected chi connectivity index (χ2v) is 8.73. The van der Waals surface area contributed by atoms with Gasteiger partial charge in [-0.05, 0) is 49.4 Å². The molecule has 0 fully saturated rings. The van der Waals surface area contributed by atoms with E-state index in [1.807, 2.05) is 0 Å². The Labute approximate surface area is 186 Å². The maximum Gasteiger partial charge on any atom is 0.339 e. The molecule has 1 N–H and O–H groups in total. The summed E-state index contributed by atoms with van der Waals surface area (Å²) in [6, 6.07) is 10.2. The van der Waals surface area contributed by atoms with Crippen LogP contribution < -0.4 is 14.4 Å². The van der Waals surface area contributed by atoms with E-state index in [1.165, 1.54) is 70.7 Å². The highest BCUT2D eigenvalue weighted by Gasteiger charge is 2.21. The highest BCUT2D eigenvalue weighted by atomic mass is 32.2. The first kappa shape index (κ1) is 24.7. The normalized spacial score (nSPS) is 11.8. The van der Waals surface area contributed by atoms with Gasteiger partial charge in [-0.2, -0.15) is 0 Å². The van der Waals surface area contributed by atoms with Gasteiger partial charge < -0.3 is 19.5 Å². The summed E-state index contributed by atoms with van der Waals surface area (Å²) >= 11 is 0. The van der Waals surface area contributed by atoms with E-state index in [9.17, 15) is 22.8 Å². The number of methoxy groups -OCH3 is 2. The molecule has 0 saturated heterocycles. The minimum atomic E-state index is -3.41. The molecule has 10 nitrogen and oxygen atoms in total. The van der Waals surface area contributed by atoms with Crippen molar-refractivity contribution in [3.8, 4) is 5.75 Å². The lowest BCUT2D eigenvalue weighted by molar-refractivity contribution is -0.122. The molecule has 0 radical (unpaired) electrons. The number of esters is 2. The van der Waals surface area contributed by atoms with E-state index in [0.717, 1.165) is 10.6 Å². The Bertz CT molecular complexity index is 1110. The zero-order valence-electron chi connectivity index (χ0n) is 18.2. The first-order valence-corrected chi connectivity index (χ1v) is 11.1. The Kier molecular flexibility index (Phi) is 7.82. The number of carbonyl (C=O) groups is 3. The van der Waals surface area contributed by atoms with Crippen molar-refractivity contribution in [2.24, 2.45) is 0 Å². The molecule has 1 amide bonds. The molecule has 11 heteroatoms. The molecule has 0 saturated carbocycles. The van der Waals surface area contributed by atoms with Crippen LogP contribution in [0.15, 0.2) is 42.5 Å². The second kappa shape index (κ2) is 10.1. The SMILES string of the molecule is COC(=O)c1ccc(C(=O)OC)c(NC(=O)C(C)Oc2ccc(N(C)S(C)(=O)=O)cc2)c1. The third kappa shape index (κ3) is 5.97. The number of amides is 1. The van der Waals surface area contributed by atoms with E-state index >= 15 is 0 Å². The van der Waals surface area contributed by atoms with Crippen molar-refractivity contribution in [1.82, 2.24) is 0 Å². The topological polar surface area (TPSA) is 128 Å². The van der Waals surface area contributed by atoms with Gasteiger partial charge in [-0.1, -0.05) is 0 Å². The molecular weight excluding hydrogens is 440 g/mol. The first-order chi connectivity index (χ1) is 15.0. The third-order valence-corrected chi connectivity index (χ3v) is 5.69. The molecule has 1 unspecified atom stereocenters. The van der Waals surface area contributed by atoms with Gasteiger partial charge in [-0.25, -0.2) is 18.0 Å². The monoisotopic (exact) mass is 464 g/mol. The van der Waals surface area contributed by atoms with E-state index in [2.05, 4.69) is 10.1 Å². The summed E-state index contributed by atoms with van der Waals surface area (Å²) in [6.07, 6.45) is 0.0995. The van der Waals surface area contributed by atoms with Gasteiger partial charge in [0, 0.05) is 7.05 Å². The number of sulfonamides is 1. The Morgan fingerprint density at radius 2 is 1.56 bits per heavy atom. The minimum absolute atomic E-state index is 0.0499. The van der Waals surface area contributed by atoms with Crippen molar-refractivity contribution >= 4 is 39.2 Å². The molecule has 0 aliphatic heterocycles. The average molecular weight is 464 g/mol. The van der Waals surface area contributed by atoms with E-state index in [4.69, 9.17) is 9.47 Å². The fourth-order valence-corrected chi connectivity index (χ4v) is 3.10. The molecule has 2 aromatic carbocycles. The molecule has 0 aliphatic rings. The van der Waals surface area contributed by atoms with E-state index in [1.54, 1.807) is 0 Å². The summed E-state index contributed by atoms with van der Waals surface area (Å²) < 4.78 is 39.3. The summed E-state index contributed by atoms with van der Waals surface area (Å²) in [5, 5.41) is 2.55. The lowest BCUT2D eigenvalue weighted by Crippen LogP contribution is -2.31. The van der Waals surface area contributed by atoms with Crippen molar-refractivity contribution in [1.29, 1.82) is 0 Å². The van der Waals surface area contributed by atoms with Crippen LogP contribution in [0.3, 0.4) is 0 Å². The number of nitrogens with zero attached hydrogens (tertiary/aromatic N) is 1. The van der Waals surface area contributed by atoms with Gasteiger partial charge in [0.15, 0.2) is 6.10 Å². The summed E-state index contributed by atoms with van der Waals surface area (Å²) in [5.41, 5.74) is 0.674. The van der Waals surface area contributed by atoms with E-state index < -0.39 is 34.0 Å². The predicted octanol–water partition coefficient (Wildman–Crippen LogP) is 2.06. The van der Waals surface area contributed by atoms with Gasteiger partial charge in [0.2, 0.25) is 10.0 Å². The Hall–Kier alpha value is -3.60. The Morgan fingerprint density at radius 3 is 2.09 bits per heavy atom. The number of hydrogen-bond acceptors (Lipinski definition) is 8. The zero-order chi connectivity index (χ0) is 24.1. The standard InChI is InChI=1S/C21H24N2O8S/c1-13(31-16-9-7-15(8-10-16)23(2)32(5,27)28)19(24)22-18-12-14(20(25)29-3)6-11-17(18)21(26)30-4/h6-13H,1-5H3,(H,22,24). The highest BCUT2D eigenvalue weighted by molar-refractivity contribution is 7.92. The van der Waals surface area contributed by atoms with Gasteiger partial charge in [0.1, 0.15) is 5.75 Å². The number of carbonyl (C=O) groups excluding carboxylic acids is 3. The molecular formula is C21H24N2O8S. The fraction of sp³-hybridized carbons (Fsp3) is 0.286. The number of nitrogens with one attached hydrogen (secondary N) is 1. The lowest BCUT2D eigenvalue weighted by atomic mass is 10.1. The summed E-state index contributed by atoms with van der Waals surface area (Å²) in [4.78, 5) is 36.5. The largest absolute Gasteiger partial charge is 0.481 e. The molecule has 32 heavy (non-hydrogen) atoms. The number of benzene rings is 2. The van der Waals surface area contributed by atoms with Gasteiger partial charge in [-0.15, -0.1) is 0 Å². The van der Waals surface area contributed by atoms with Crippen LogP contribution in [0.5, 0.6) is 5.75 Å². The Morgan fingerprint density at radius 1 is 0.969 bits per heavy atom. The van der Waals surface area contributed by atoms with Crippen molar-refractivity contribution in [2.45, 2.75) is 13.0 Å². The van der Waals surface area contributed by atoms with Gasteiger partial charge in [0.25, 0.3) is 5.91 Å². The first-order valence-electron chi connectivity index (χ1n) is 9.30. The third-order valence-electron chi connectivity index (χ3n) is 4.48. The van der Waals surface area contributed by atoms with Crippen LogP contribution in [-0.2, 0) is 24.3 Å². The number of anilines is 2. The van der Waals surface area contributed by atoms with Crippen LogP contribution in [0.1, 0.15) is 27.6 Å². The minimum Gasteiger partial charge on any atom is -0.481 e. The van der Waals surface area contributed by atoms with Crippen molar-refractivity contribution in [3.05, 3.63) is 53.6 Å². The fourth-order valence-electron chi connectivity index (χ4n) is 2.60. The molecule has 172 valence electrons. The van der Waals surface area contributed by atoms with Crippen molar-refractivity contribution in [3.63, 3.8) is 0 Å². The molecule has 0 spiro atoms. The van der Waals surface area contributed by atoms with Crippen LogP contribution in [0.4, 0.5) is 11.4 Å². The zero-order valence-corrected chi connectivity index (χ0v) is 19.1. The lowest BCUT2D eigenvalue weighted by Gasteiger charge is -2.19. The molecule has 0 bridgehead atoms. The predicted molar refractivity (Wildman–Crippen MR) is 118 cm³/mol. The van der Waals surface area contributed by atoms with E-state index in [-0.39, 0.29) is 16.8 Å². The number of hydrogen-bond donors (Lipinski definition) is 1. The Balaban J connectivity index is 2.18. The van der Waals surface area contributed by atoms with Crippen LogP contribution >= 0.6 is 0 Å². The van der Waals surface area contributed by atoms with Gasteiger partial charge in [-0.3, -0.25) is 9.10 Å². The maximum absolute atomic E-state index is 12.6. The summed E-state index contributed by atoms with van der Waals surface area (Å²) in [6.45, 7) is 1.49. The van der Waals surface area contributed by atoms with Crippen LogP contribution in [0.25, 0.3) is 0 Å². The quantitative estimate of drug-likeness (QED) is 0.588. The number of rotatable bonds is 8. The summed E-state index contributed by atoms with van der Waals surface area (Å²) in [5.74, 6) is -1.60. The molecule has 1 atom stereocenters. The van der Waals surface area contributed by atoms with Gasteiger partial charge >= 0.3 is 11.9 Å². The van der Waals surface area contributed by atoms with Crippen molar-refractivity contribution in [2.75, 3.05) is 37.1 Å². The smallest absolute Gasteiger partial charge is 0.339 e. The molecule has 2 rings (SSSR count). The maximum atomic E-state index is 12.6.